The number of aliphatic hydroxyl groups excluding tert-OH is 1. The standard InChI is InChI=1S/C37H45N5O4S/c1-26-25-47-35(39-26)24-41(2)37(45)30-19-29(20-31(21-30)42-15-8-5-9-16-42)36(44)40-33(18-27-11-6-4-7-12-27)34(43)23-38-22-28-13-10-14-32(17-28)46-3/h4,6-7,10-14,17,19-21,25,33-34,38,43H,5,8-9,15-16,18,22-24H2,1-3H3,(H,40,44)/t33-,34+/m0/s1. The number of ether oxygens (including phenoxy) is 1. The van der Waals surface area contributed by atoms with Crippen LogP contribution >= 0.6 is 11.3 Å². The van der Waals surface area contributed by atoms with E-state index in [2.05, 4.69) is 20.5 Å². The van der Waals surface area contributed by atoms with Gasteiger partial charge in [0.25, 0.3) is 11.8 Å². The molecule has 1 aliphatic heterocycles. The molecule has 0 spiro atoms. The van der Waals surface area contributed by atoms with Crippen LogP contribution in [0.4, 0.5) is 5.69 Å². The molecule has 0 saturated carbocycles. The van der Waals surface area contributed by atoms with Crippen molar-refractivity contribution in [3.05, 3.63) is 111 Å². The van der Waals surface area contributed by atoms with Crippen LogP contribution < -0.4 is 20.3 Å². The number of amides is 2. The molecule has 3 aromatic carbocycles. The molecule has 9 nitrogen and oxygen atoms in total. The lowest BCUT2D eigenvalue weighted by atomic mass is 9.99. The Hall–Kier alpha value is -4.25. The number of benzene rings is 3. The number of thiazole rings is 1. The average Bonchev–Trinajstić information content (AvgIpc) is 3.52. The van der Waals surface area contributed by atoms with Crippen LogP contribution in [0.3, 0.4) is 0 Å². The van der Waals surface area contributed by atoms with Crippen molar-refractivity contribution >= 4 is 28.8 Å². The molecule has 47 heavy (non-hydrogen) atoms. The molecule has 1 saturated heterocycles. The summed E-state index contributed by atoms with van der Waals surface area (Å²) in [7, 11) is 3.40. The summed E-state index contributed by atoms with van der Waals surface area (Å²) in [5.74, 6) is 0.269. The van der Waals surface area contributed by atoms with Crippen LogP contribution in [0.1, 0.15) is 61.8 Å². The van der Waals surface area contributed by atoms with Crippen molar-refractivity contribution in [2.24, 2.45) is 0 Å². The van der Waals surface area contributed by atoms with Gasteiger partial charge in [0.05, 0.1) is 25.8 Å². The third kappa shape index (κ3) is 9.63. The topological polar surface area (TPSA) is 107 Å². The van der Waals surface area contributed by atoms with Gasteiger partial charge in [-0.15, -0.1) is 11.3 Å². The first-order valence-corrected chi connectivity index (χ1v) is 17.1. The number of nitrogens with one attached hydrogen (secondary N) is 2. The fourth-order valence-electron chi connectivity index (χ4n) is 5.86. The van der Waals surface area contributed by atoms with Crippen molar-refractivity contribution < 1.29 is 19.4 Å². The van der Waals surface area contributed by atoms with Crippen LogP contribution in [-0.4, -0.2) is 72.7 Å². The van der Waals surface area contributed by atoms with Gasteiger partial charge in [0.15, 0.2) is 0 Å². The lowest BCUT2D eigenvalue weighted by Crippen LogP contribution is -2.48. The van der Waals surface area contributed by atoms with E-state index in [1.165, 1.54) is 17.8 Å². The lowest BCUT2D eigenvalue weighted by molar-refractivity contribution is 0.0784. The number of carbonyl (C=O) groups is 2. The number of carbonyl (C=O) groups excluding carboxylic acids is 2. The normalized spacial score (nSPS) is 14.3. The highest BCUT2D eigenvalue weighted by atomic mass is 32.1. The van der Waals surface area contributed by atoms with Gasteiger partial charge >= 0.3 is 0 Å². The second-order valence-electron chi connectivity index (χ2n) is 12.2. The second-order valence-corrected chi connectivity index (χ2v) is 13.1. The fourth-order valence-corrected chi connectivity index (χ4v) is 6.69. The number of hydrogen-bond acceptors (Lipinski definition) is 8. The number of anilines is 1. The molecule has 2 atom stereocenters. The Balaban J connectivity index is 1.35. The van der Waals surface area contributed by atoms with Crippen LogP contribution in [0.5, 0.6) is 5.75 Å². The van der Waals surface area contributed by atoms with Crippen LogP contribution in [-0.2, 0) is 19.5 Å². The minimum atomic E-state index is -0.871. The summed E-state index contributed by atoms with van der Waals surface area (Å²) in [5, 5.41) is 20.7. The molecule has 0 radical (unpaired) electrons. The van der Waals surface area contributed by atoms with E-state index >= 15 is 0 Å². The number of hydrogen-bond donors (Lipinski definition) is 3. The van der Waals surface area contributed by atoms with E-state index in [0.717, 1.165) is 59.2 Å². The largest absolute Gasteiger partial charge is 0.497 e. The van der Waals surface area contributed by atoms with Crippen molar-refractivity contribution in [2.75, 3.05) is 38.7 Å². The van der Waals surface area contributed by atoms with Gasteiger partial charge in [0.1, 0.15) is 10.8 Å². The first-order chi connectivity index (χ1) is 22.8. The average molecular weight is 656 g/mol. The summed E-state index contributed by atoms with van der Waals surface area (Å²) in [6, 6.07) is 22.5. The monoisotopic (exact) mass is 655 g/mol. The van der Waals surface area contributed by atoms with Crippen molar-refractivity contribution in [3.63, 3.8) is 0 Å². The highest BCUT2D eigenvalue weighted by molar-refractivity contribution is 7.09. The summed E-state index contributed by atoms with van der Waals surface area (Å²) in [6.45, 7) is 4.89. The number of aromatic nitrogens is 1. The zero-order chi connectivity index (χ0) is 33.2. The molecule has 0 aliphatic carbocycles. The summed E-state index contributed by atoms with van der Waals surface area (Å²) in [6.07, 6.45) is 2.88. The third-order valence-electron chi connectivity index (χ3n) is 8.43. The molecule has 0 bridgehead atoms. The van der Waals surface area contributed by atoms with Crippen molar-refractivity contribution in [1.82, 2.24) is 20.5 Å². The Morgan fingerprint density at radius 3 is 2.47 bits per heavy atom. The summed E-state index contributed by atoms with van der Waals surface area (Å²) < 4.78 is 5.33. The van der Waals surface area contributed by atoms with E-state index in [9.17, 15) is 14.7 Å². The van der Waals surface area contributed by atoms with Crippen molar-refractivity contribution in [3.8, 4) is 5.75 Å². The highest BCUT2D eigenvalue weighted by Gasteiger charge is 2.25. The van der Waals surface area contributed by atoms with E-state index in [1.54, 1.807) is 25.1 Å². The van der Waals surface area contributed by atoms with Crippen LogP contribution in [0.15, 0.2) is 78.2 Å². The predicted molar refractivity (Wildman–Crippen MR) is 187 cm³/mol. The van der Waals surface area contributed by atoms with Gasteiger partial charge in [-0.25, -0.2) is 4.98 Å². The molecule has 10 heteroatoms. The number of rotatable bonds is 14. The molecule has 2 heterocycles. The molecule has 4 aromatic rings. The lowest BCUT2D eigenvalue weighted by Gasteiger charge is -2.30. The minimum Gasteiger partial charge on any atom is -0.497 e. The van der Waals surface area contributed by atoms with Gasteiger partial charge in [-0.1, -0.05) is 42.5 Å². The maximum absolute atomic E-state index is 14.0. The Morgan fingerprint density at radius 1 is 1.00 bits per heavy atom. The van der Waals surface area contributed by atoms with E-state index < -0.39 is 12.1 Å². The molecular formula is C37H45N5O4S. The predicted octanol–water partition coefficient (Wildman–Crippen LogP) is 5.21. The van der Waals surface area contributed by atoms with Gasteiger partial charge in [-0.05, 0) is 74.1 Å². The molecule has 2 amide bonds. The second kappa shape index (κ2) is 16.5. The molecule has 0 unspecified atom stereocenters. The smallest absolute Gasteiger partial charge is 0.254 e. The molecule has 1 aromatic heterocycles. The Morgan fingerprint density at radius 2 is 1.74 bits per heavy atom. The van der Waals surface area contributed by atoms with Gasteiger partial charge in [-0.2, -0.15) is 0 Å². The molecule has 1 aliphatic rings. The SMILES string of the molecule is COc1cccc(CNC[C@@H](O)[C@H](Cc2ccccc2)NC(=O)c2cc(C(=O)N(C)Cc3nc(C)cs3)cc(N3CCCCC3)c2)c1. The quantitative estimate of drug-likeness (QED) is 0.171. The maximum atomic E-state index is 14.0. The zero-order valence-electron chi connectivity index (χ0n) is 27.4. The van der Waals surface area contributed by atoms with Gasteiger partial charge in [0.2, 0.25) is 0 Å². The number of piperidine rings is 1. The Kier molecular flexibility index (Phi) is 12.0. The third-order valence-corrected chi connectivity index (χ3v) is 9.38. The number of methoxy groups -OCH3 is 1. The number of aryl methyl sites for hydroxylation is 1. The van der Waals surface area contributed by atoms with E-state index in [0.29, 0.717) is 30.6 Å². The van der Waals surface area contributed by atoms with Crippen LogP contribution in [0.25, 0.3) is 0 Å². The van der Waals surface area contributed by atoms with E-state index in [4.69, 9.17) is 4.74 Å². The van der Waals surface area contributed by atoms with Crippen LogP contribution in [0, 0.1) is 6.92 Å². The van der Waals surface area contributed by atoms with Crippen molar-refractivity contribution in [2.45, 2.75) is 57.8 Å². The molecular weight excluding hydrogens is 611 g/mol. The highest BCUT2D eigenvalue weighted by Crippen LogP contribution is 2.25. The summed E-state index contributed by atoms with van der Waals surface area (Å²) in [5.41, 5.74) is 4.67. The van der Waals surface area contributed by atoms with Crippen LogP contribution in [0.2, 0.25) is 0 Å². The van der Waals surface area contributed by atoms with Crippen molar-refractivity contribution in [1.29, 1.82) is 0 Å². The first-order valence-electron chi connectivity index (χ1n) is 16.2. The van der Waals surface area contributed by atoms with Gasteiger partial charge in [-0.3, -0.25) is 9.59 Å². The number of aliphatic hydroxyl groups is 1. The maximum Gasteiger partial charge on any atom is 0.254 e. The van der Waals surface area contributed by atoms with E-state index in [-0.39, 0.29) is 18.4 Å². The van der Waals surface area contributed by atoms with E-state index in [1.807, 2.05) is 79.0 Å². The fraction of sp³-hybridized carbons (Fsp3) is 0.378. The first kappa shape index (κ1) is 34.1. The van der Waals surface area contributed by atoms with Gasteiger partial charge < -0.3 is 30.3 Å². The summed E-state index contributed by atoms with van der Waals surface area (Å²) >= 11 is 1.53. The Bertz CT molecular complexity index is 1620. The molecule has 1 fully saturated rings. The summed E-state index contributed by atoms with van der Waals surface area (Å²) in [4.78, 5) is 36.1. The zero-order valence-corrected chi connectivity index (χ0v) is 28.3. The van der Waals surface area contributed by atoms with Gasteiger partial charge in [0, 0.05) is 61.1 Å². The Labute approximate surface area is 281 Å². The number of nitrogens with zero attached hydrogens (tertiary/aromatic N) is 3. The molecule has 3 N–H and O–H groups in total. The molecule has 248 valence electrons. The molecule has 5 rings (SSSR count). The minimum absolute atomic E-state index is 0.173.